The van der Waals surface area contributed by atoms with Crippen LogP contribution in [0.5, 0.6) is 0 Å². The summed E-state index contributed by atoms with van der Waals surface area (Å²) >= 11 is 0. The third-order valence-electron chi connectivity index (χ3n) is 2.66. The monoisotopic (exact) mass is 256 g/mol. The van der Waals surface area contributed by atoms with Crippen molar-refractivity contribution in [2.45, 2.75) is 6.54 Å². The summed E-state index contributed by atoms with van der Waals surface area (Å²) in [5.41, 5.74) is 0.980. The van der Waals surface area contributed by atoms with Gasteiger partial charge in [-0.05, 0) is 24.3 Å². The zero-order chi connectivity index (χ0) is 13.7. The number of esters is 1. The smallest absolute Gasteiger partial charge is 0.338 e. The molecule has 0 bridgehead atoms. The number of nitrogens with zero attached hydrogens (tertiary/aromatic N) is 3. The van der Waals surface area contributed by atoms with Gasteiger partial charge in [0.1, 0.15) is 25.5 Å². The van der Waals surface area contributed by atoms with Crippen LogP contribution in [0.2, 0.25) is 0 Å². The van der Waals surface area contributed by atoms with Crippen LogP contribution in [0.4, 0.5) is 0 Å². The molecule has 2 rings (SSSR count). The molecule has 0 aliphatic heterocycles. The van der Waals surface area contributed by atoms with E-state index in [1.165, 1.54) is 0 Å². The summed E-state index contributed by atoms with van der Waals surface area (Å²) in [5.74, 6) is -0.374. The van der Waals surface area contributed by atoms with Crippen LogP contribution in [0, 0.1) is 11.3 Å². The van der Waals surface area contributed by atoms with Crippen LogP contribution in [0.15, 0.2) is 43.0 Å². The fourth-order valence-corrected chi connectivity index (χ4v) is 1.64. The van der Waals surface area contributed by atoms with Gasteiger partial charge >= 0.3 is 5.97 Å². The summed E-state index contributed by atoms with van der Waals surface area (Å²) in [5, 5.41) is 8.67. The Morgan fingerprint density at radius 3 is 2.74 bits per heavy atom. The van der Waals surface area contributed by atoms with Gasteiger partial charge in [-0.15, -0.1) is 0 Å². The van der Waals surface area contributed by atoms with Crippen molar-refractivity contribution in [1.82, 2.24) is 4.57 Å². The number of benzene rings is 1. The molecule has 0 amide bonds. The molecule has 0 saturated heterocycles. The minimum absolute atomic E-state index is 0.313. The lowest BCUT2D eigenvalue weighted by Gasteiger charge is -2.03. The number of aryl methyl sites for hydroxylation is 1. The molecule has 1 aromatic heterocycles. The van der Waals surface area contributed by atoms with E-state index < -0.39 is 0 Å². The molecule has 0 saturated carbocycles. The lowest BCUT2D eigenvalue weighted by Crippen LogP contribution is -2.24. The highest BCUT2D eigenvalue weighted by Gasteiger charge is 2.08. The fourth-order valence-electron chi connectivity index (χ4n) is 1.64. The number of hydrogen-bond donors (Lipinski definition) is 0. The number of nitriles is 1. The molecule has 0 atom stereocenters. The first-order valence-corrected chi connectivity index (χ1v) is 5.87. The van der Waals surface area contributed by atoms with E-state index in [2.05, 4.69) is 0 Å². The van der Waals surface area contributed by atoms with Crippen molar-refractivity contribution >= 4 is 5.97 Å². The molecule has 0 aliphatic carbocycles. The van der Waals surface area contributed by atoms with Gasteiger partial charge in [0.25, 0.3) is 0 Å². The van der Waals surface area contributed by atoms with Gasteiger partial charge in [-0.25, -0.2) is 13.9 Å². The van der Waals surface area contributed by atoms with E-state index in [0.29, 0.717) is 24.3 Å². The predicted octanol–water partition coefficient (Wildman–Crippen LogP) is 1.04. The maximum Gasteiger partial charge on any atom is 0.338 e. The molecule has 19 heavy (non-hydrogen) atoms. The van der Waals surface area contributed by atoms with Crippen LogP contribution in [0.25, 0.3) is 0 Å². The summed E-state index contributed by atoms with van der Waals surface area (Å²) in [6.07, 6.45) is 5.74. The average Bonchev–Trinajstić information content (AvgIpc) is 2.84. The second kappa shape index (κ2) is 5.83. The van der Waals surface area contributed by atoms with E-state index in [4.69, 9.17) is 10.00 Å². The largest absolute Gasteiger partial charge is 0.458 e. The average molecular weight is 256 g/mol. The first kappa shape index (κ1) is 12.8. The van der Waals surface area contributed by atoms with Crippen molar-refractivity contribution < 1.29 is 14.1 Å². The van der Waals surface area contributed by atoms with Crippen LogP contribution in [-0.4, -0.2) is 17.1 Å². The maximum atomic E-state index is 11.7. The zero-order valence-electron chi connectivity index (χ0n) is 10.6. The molecule has 1 aromatic carbocycles. The minimum atomic E-state index is -0.374. The van der Waals surface area contributed by atoms with E-state index in [1.807, 2.05) is 41.0 Å². The Balaban J connectivity index is 1.85. The lowest BCUT2D eigenvalue weighted by atomic mass is 10.1. The lowest BCUT2D eigenvalue weighted by molar-refractivity contribution is -0.671. The predicted molar refractivity (Wildman–Crippen MR) is 67.0 cm³/mol. The first-order valence-electron chi connectivity index (χ1n) is 5.87. The third-order valence-corrected chi connectivity index (χ3v) is 2.66. The molecule has 5 nitrogen and oxygen atoms in total. The zero-order valence-corrected chi connectivity index (χ0v) is 10.6. The Morgan fingerprint density at radius 1 is 1.42 bits per heavy atom. The second-order valence-corrected chi connectivity index (χ2v) is 4.14. The number of rotatable bonds is 4. The summed E-state index contributed by atoms with van der Waals surface area (Å²) in [6, 6.07) is 8.39. The van der Waals surface area contributed by atoms with Crippen LogP contribution in [0.1, 0.15) is 15.9 Å². The quantitative estimate of drug-likeness (QED) is 0.606. The highest BCUT2D eigenvalue weighted by atomic mass is 16.5. The van der Waals surface area contributed by atoms with E-state index >= 15 is 0 Å². The topological polar surface area (TPSA) is 58.9 Å². The second-order valence-electron chi connectivity index (χ2n) is 4.14. The van der Waals surface area contributed by atoms with Gasteiger partial charge in [-0.3, -0.25) is 0 Å². The van der Waals surface area contributed by atoms with Gasteiger partial charge in [0.2, 0.25) is 6.33 Å². The summed E-state index contributed by atoms with van der Waals surface area (Å²) in [4.78, 5) is 11.7. The summed E-state index contributed by atoms with van der Waals surface area (Å²) < 4.78 is 9.02. The molecule has 96 valence electrons. The third kappa shape index (κ3) is 3.42. The number of carbonyl (C=O) groups excluding carboxylic acids is 1. The molecule has 0 radical (unpaired) electrons. The number of aromatic nitrogens is 2. The highest BCUT2D eigenvalue weighted by molar-refractivity contribution is 5.89. The Bertz CT molecular complexity index is 608. The molecule has 0 fully saturated rings. The molecule has 0 aliphatic rings. The number of imidazole rings is 1. The van der Waals surface area contributed by atoms with Gasteiger partial charge in [0.15, 0.2) is 0 Å². The molecular formula is C14H14N3O2+. The Kier molecular flexibility index (Phi) is 3.94. The van der Waals surface area contributed by atoms with E-state index in [-0.39, 0.29) is 5.97 Å². The maximum absolute atomic E-state index is 11.7. The Morgan fingerprint density at radius 2 is 2.16 bits per heavy atom. The number of ether oxygens (including phenoxy) is 1. The van der Waals surface area contributed by atoms with Gasteiger partial charge < -0.3 is 4.74 Å². The fraction of sp³-hybridized carbons (Fsp3) is 0.214. The highest BCUT2D eigenvalue weighted by Crippen LogP contribution is 2.05. The van der Waals surface area contributed by atoms with Crippen molar-refractivity contribution in [2.24, 2.45) is 7.05 Å². The molecule has 0 N–H and O–H groups in total. The minimum Gasteiger partial charge on any atom is -0.458 e. The number of carbonyl (C=O) groups is 1. The molecule has 0 unspecified atom stereocenters. The number of hydrogen-bond acceptors (Lipinski definition) is 3. The SMILES string of the molecule is C[n+]1ccn(CCOC(=O)c2ccc(C#N)cc2)c1. The van der Waals surface area contributed by atoms with Gasteiger partial charge in [0.05, 0.1) is 24.2 Å². The molecule has 0 spiro atoms. The van der Waals surface area contributed by atoms with Crippen molar-refractivity contribution in [3.63, 3.8) is 0 Å². The summed E-state index contributed by atoms with van der Waals surface area (Å²) in [6.45, 7) is 0.927. The Labute approximate surface area is 111 Å². The van der Waals surface area contributed by atoms with Crippen LogP contribution >= 0.6 is 0 Å². The summed E-state index contributed by atoms with van der Waals surface area (Å²) in [7, 11) is 1.93. The van der Waals surface area contributed by atoms with Crippen LogP contribution in [0.3, 0.4) is 0 Å². The van der Waals surface area contributed by atoms with Crippen molar-refractivity contribution in [3.8, 4) is 6.07 Å². The molecular weight excluding hydrogens is 242 g/mol. The Hall–Kier alpha value is -2.61. The van der Waals surface area contributed by atoms with E-state index in [9.17, 15) is 4.79 Å². The molecule has 2 aromatic rings. The van der Waals surface area contributed by atoms with Gasteiger partial charge in [-0.2, -0.15) is 5.26 Å². The van der Waals surface area contributed by atoms with Crippen molar-refractivity contribution in [3.05, 3.63) is 54.1 Å². The normalized spacial score (nSPS) is 9.89. The van der Waals surface area contributed by atoms with E-state index in [1.54, 1.807) is 24.3 Å². The molecule has 1 heterocycles. The van der Waals surface area contributed by atoms with E-state index in [0.717, 1.165) is 0 Å². The first-order chi connectivity index (χ1) is 9.19. The van der Waals surface area contributed by atoms with Crippen LogP contribution < -0.4 is 4.57 Å². The van der Waals surface area contributed by atoms with Crippen LogP contribution in [-0.2, 0) is 18.3 Å². The van der Waals surface area contributed by atoms with Crippen molar-refractivity contribution in [2.75, 3.05) is 6.61 Å². The molecule has 5 heteroatoms. The van der Waals surface area contributed by atoms with Gasteiger partial charge in [-0.1, -0.05) is 0 Å². The van der Waals surface area contributed by atoms with Crippen molar-refractivity contribution in [1.29, 1.82) is 5.26 Å². The standard InChI is InChI=1S/C14H14N3O2/c1-16-6-7-17(11-16)8-9-19-14(18)13-4-2-12(10-15)3-5-13/h2-7,11H,8-9H2,1H3/q+1. The van der Waals surface area contributed by atoms with Gasteiger partial charge in [0, 0.05) is 0 Å².